The molecule has 0 saturated heterocycles. The van der Waals surface area contributed by atoms with E-state index < -0.39 is 64.4 Å². The van der Waals surface area contributed by atoms with Crippen molar-refractivity contribution in [2.24, 2.45) is 0 Å². The van der Waals surface area contributed by atoms with Crippen molar-refractivity contribution in [1.29, 1.82) is 0 Å². The van der Waals surface area contributed by atoms with Crippen molar-refractivity contribution >= 4 is 0 Å². The number of phenolic OH excluding ortho intramolecular Hbond substituents is 11. The highest BCUT2D eigenvalue weighted by Gasteiger charge is 2.54. The van der Waals surface area contributed by atoms with Gasteiger partial charge in [-0.1, -0.05) is 12.1 Å². The van der Waals surface area contributed by atoms with E-state index in [-0.39, 0.29) is 40.2 Å². The molecule has 0 aromatic heterocycles. The highest BCUT2D eigenvalue weighted by Crippen LogP contribution is 2.68. The maximum absolute atomic E-state index is 12.0. The molecular formula is C42H32O12. The van der Waals surface area contributed by atoms with Gasteiger partial charge in [-0.2, -0.15) is 0 Å². The predicted molar refractivity (Wildman–Crippen MR) is 191 cm³/mol. The molecule has 12 nitrogen and oxygen atoms in total. The van der Waals surface area contributed by atoms with Gasteiger partial charge in [0, 0.05) is 53.0 Å². The van der Waals surface area contributed by atoms with Crippen molar-refractivity contribution in [3.8, 4) is 69.0 Å². The number of aromatic hydroxyl groups is 11. The Morgan fingerprint density at radius 1 is 0.333 bits per heavy atom. The van der Waals surface area contributed by atoms with Gasteiger partial charge in [0.2, 0.25) is 0 Å². The van der Waals surface area contributed by atoms with E-state index in [1.165, 1.54) is 66.7 Å². The van der Waals surface area contributed by atoms with Crippen molar-refractivity contribution in [1.82, 2.24) is 0 Å². The zero-order chi connectivity index (χ0) is 37.9. The van der Waals surface area contributed by atoms with Crippen LogP contribution in [0.1, 0.15) is 85.8 Å². The molecule has 1 heterocycles. The van der Waals surface area contributed by atoms with Gasteiger partial charge in [0.05, 0.1) is 5.92 Å². The second-order valence-corrected chi connectivity index (χ2v) is 14.2. The van der Waals surface area contributed by atoms with Crippen LogP contribution in [-0.4, -0.2) is 56.2 Å². The minimum Gasteiger partial charge on any atom is -0.508 e. The van der Waals surface area contributed by atoms with Gasteiger partial charge in [0.1, 0.15) is 40.6 Å². The number of hydrogen-bond donors (Lipinski definition) is 11. The summed E-state index contributed by atoms with van der Waals surface area (Å²) >= 11 is 0. The number of ether oxygens (including phenoxy) is 1. The summed E-state index contributed by atoms with van der Waals surface area (Å²) in [5.41, 5.74) is 3.85. The second-order valence-electron chi connectivity index (χ2n) is 14.2. The van der Waals surface area contributed by atoms with E-state index in [9.17, 15) is 56.2 Å². The molecule has 6 aromatic carbocycles. The third-order valence-corrected chi connectivity index (χ3v) is 11.2. The molecular weight excluding hydrogens is 696 g/mol. The lowest BCUT2D eigenvalue weighted by atomic mass is 9.56. The van der Waals surface area contributed by atoms with Crippen LogP contribution in [0.2, 0.25) is 0 Å². The minimum atomic E-state index is -0.937. The average Bonchev–Trinajstić information content (AvgIpc) is 3.43. The Morgan fingerprint density at radius 2 is 0.870 bits per heavy atom. The van der Waals surface area contributed by atoms with Crippen molar-refractivity contribution in [3.63, 3.8) is 0 Å². The Bertz CT molecular complexity index is 2540. The second kappa shape index (κ2) is 11.5. The van der Waals surface area contributed by atoms with E-state index in [4.69, 9.17) is 4.74 Å². The third kappa shape index (κ3) is 4.76. The summed E-state index contributed by atoms with van der Waals surface area (Å²) < 4.78 is 6.56. The Morgan fingerprint density at radius 3 is 1.52 bits per heavy atom. The highest BCUT2D eigenvalue weighted by molar-refractivity contribution is 5.70. The molecule has 0 bridgehead atoms. The summed E-state index contributed by atoms with van der Waals surface area (Å²) in [5, 5.41) is 120. The smallest absolute Gasteiger partial charge is 0.157 e. The van der Waals surface area contributed by atoms with Crippen LogP contribution in [0.25, 0.3) is 0 Å². The number of rotatable bonds is 3. The molecule has 0 spiro atoms. The largest absolute Gasteiger partial charge is 0.508 e. The summed E-state index contributed by atoms with van der Waals surface area (Å²) in [6, 6.07) is 20.9. The topological polar surface area (TPSA) is 232 Å². The monoisotopic (exact) mass is 728 g/mol. The van der Waals surface area contributed by atoms with Crippen LogP contribution in [0, 0.1) is 0 Å². The standard InChI is InChI=1S/C42H32O12/c43-19-5-18(6-20(44)9-19)36-35(16-1-3-27(47)29(49)7-16)23-14-31(51)32(52)15-24(23)39-37-25(10-21(45)12-33(37)53)41-38-26(40(36)39)11-22(46)13-34(38)54-42(41)17-2-4-28(48)30(50)8-17/h1-15,35-36,39-53H/t35-,36+,39+,40-,41+,42-/m0/s1. The highest BCUT2D eigenvalue weighted by atomic mass is 16.5. The van der Waals surface area contributed by atoms with Gasteiger partial charge in [0.25, 0.3) is 0 Å². The van der Waals surface area contributed by atoms with Gasteiger partial charge in [-0.05, 0) is 99.6 Å². The quantitative estimate of drug-likeness (QED) is 0.0838. The Hall–Kier alpha value is -7.08. The summed E-state index contributed by atoms with van der Waals surface area (Å²) in [7, 11) is 0. The lowest BCUT2D eigenvalue weighted by molar-refractivity contribution is 0.220. The predicted octanol–water partition coefficient (Wildman–Crippen LogP) is 6.87. The summed E-state index contributed by atoms with van der Waals surface area (Å²) in [5.74, 6) is -7.97. The van der Waals surface area contributed by atoms with Crippen LogP contribution in [-0.2, 0) is 0 Å². The first-order valence-electron chi connectivity index (χ1n) is 17.0. The first kappa shape index (κ1) is 32.8. The third-order valence-electron chi connectivity index (χ3n) is 11.2. The van der Waals surface area contributed by atoms with Crippen molar-refractivity contribution < 1.29 is 60.9 Å². The van der Waals surface area contributed by atoms with Gasteiger partial charge in [-0.15, -0.1) is 0 Å². The number of hydrogen-bond acceptors (Lipinski definition) is 12. The number of benzene rings is 6. The maximum Gasteiger partial charge on any atom is 0.157 e. The minimum absolute atomic E-state index is 0.191. The van der Waals surface area contributed by atoms with Crippen LogP contribution < -0.4 is 4.74 Å². The molecule has 0 saturated carbocycles. The number of fused-ring (bicyclic) bond motifs is 7. The first-order chi connectivity index (χ1) is 25.8. The summed E-state index contributed by atoms with van der Waals surface area (Å²) in [6.07, 6.45) is -0.937. The van der Waals surface area contributed by atoms with Gasteiger partial charge >= 0.3 is 0 Å². The van der Waals surface area contributed by atoms with E-state index >= 15 is 0 Å². The van der Waals surface area contributed by atoms with E-state index in [0.29, 0.717) is 50.1 Å². The van der Waals surface area contributed by atoms with Crippen molar-refractivity contribution in [2.75, 3.05) is 0 Å². The van der Waals surface area contributed by atoms with Crippen LogP contribution in [0.4, 0.5) is 0 Å². The van der Waals surface area contributed by atoms with Gasteiger partial charge in [-0.3, -0.25) is 0 Å². The SMILES string of the molecule is Oc1cc(O)cc([C@@H]2[C@@H](c3ccc(O)c(O)c3)c3cc(O)c(O)cc3[C@@H]3c4c(O)cc(O)cc4[C@@H]4c5c(cc(O)cc5[C@H]32)O[C@H]4c2ccc(O)c(O)c2)c1. The van der Waals surface area contributed by atoms with Gasteiger partial charge < -0.3 is 60.9 Å². The molecule has 0 unspecified atom stereocenters. The zero-order valence-electron chi connectivity index (χ0n) is 28.0. The lowest BCUT2D eigenvalue weighted by Crippen LogP contribution is -2.32. The van der Waals surface area contributed by atoms with E-state index in [1.54, 1.807) is 18.2 Å². The molecule has 2 aliphatic carbocycles. The summed E-state index contributed by atoms with van der Waals surface area (Å²) in [6.45, 7) is 0. The van der Waals surface area contributed by atoms with Crippen LogP contribution >= 0.6 is 0 Å². The molecule has 11 N–H and O–H groups in total. The van der Waals surface area contributed by atoms with E-state index in [2.05, 4.69) is 0 Å². The van der Waals surface area contributed by atoms with E-state index in [0.717, 1.165) is 6.07 Å². The Labute approximate surface area is 306 Å². The van der Waals surface area contributed by atoms with Gasteiger partial charge in [-0.25, -0.2) is 0 Å². The molecule has 9 rings (SSSR count). The Kier molecular flexibility index (Phi) is 6.96. The molecule has 272 valence electrons. The average molecular weight is 729 g/mol. The molecule has 0 radical (unpaired) electrons. The normalized spacial score (nSPS) is 21.9. The Balaban J connectivity index is 1.45. The molecule has 3 aliphatic rings. The molecule has 6 atom stereocenters. The lowest BCUT2D eigenvalue weighted by Gasteiger charge is -2.46. The molecule has 1 aliphatic heterocycles. The van der Waals surface area contributed by atoms with E-state index in [1.807, 2.05) is 0 Å². The molecule has 54 heavy (non-hydrogen) atoms. The summed E-state index contributed by atoms with van der Waals surface area (Å²) in [4.78, 5) is 0. The van der Waals surface area contributed by atoms with Crippen molar-refractivity contribution in [3.05, 3.63) is 141 Å². The molecule has 0 amide bonds. The zero-order valence-corrected chi connectivity index (χ0v) is 28.0. The molecule has 6 aromatic rings. The molecule has 0 fully saturated rings. The number of phenols is 11. The van der Waals surface area contributed by atoms with Gasteiger partial charge in [0.15, 0.2) is 34.5 Å². The fourth-order valence-electron chi connectivity index (χ4n) is 9.22. The fourth-order valence-corrected chi connectivity index (χ4v) is 9.22. The van der Waals surface area contributed by atoms with Crippen LogP contribution in [0.3, 0.4) is 0 Å². The van der Waals surface area contributed by atoms with Crippen LogP contribution in [0.5, 0.6) is 69.0 Å². The van der Waals surface area contributed by atoms with Crippen molar-refractivity contribution in [2.45, 2.75) is 35.7 Å². The molecule has 12 heteroatoms. The maximum atomic E-state index is 12.0. The van der Waals surface area contributed by atoms with Crippen LogP contribution in [0.15, 0.2) is 91.0 Å². The fraction of sp³-hybridized carbons (Fsp3) is 0.143. The first-order valence-corrected chi connectivity index (χ1v) is 17.0.